The van der Waals surface area contributed by atoms with E-state index in [1.807, 2.05) is 24.5 Å². The van der Waals surface area contributed by atoms with Crippen LogP contribution in [0.1, 0.15) is 16.7 Å². The second-order valence-corrected chi connectivity index (χ2v) is 6.28. The third-order valence-corrected chi connectivity index (χ3v) is 4.31. The van der Waals surface area contributed by atoms with Crippen molar-refractivity contribution in [3.63, 3.8) is 0 Å². The zero-order valence-electron chi connectivity index (χ0n) is 14.2. The van der Waals surface area contributed by atoms with Crippen molar-refractivity contribution < 1.29 is 4.74 Å². The highest BCUT2D eigenvalue weighted by Crippen LogP contribution is 2.19. The van der Waals surface area contributed by atoms with Gasteiger partial charge in [0.05, 0.1) is 17.4 Å². The molecule has 0 atom stereocenters. The van der Waals surface area contributed by atoms with Crippen LogP contribution >= 0.6 is 0 Å². The highest BCUT2D eigenvalue weighted by Gasteiger charge is 2.05. The molecule has 3 aromatic carbocycles. The van der Waals surface area contributed by atoms with Crippen LogP contribution in [-0.2, 0) is 13.2 Å². The van der Waals surface area contributed by atoms with Crippen molar-refractivity contribution in [1.82, 2.24) is 9.55 Å². The molecule has 0 aliphatic heterocycles. The first-order chi connectivity index (χ1) is 12.3. The van der Waals surface area contributed by atoms with E-state index < -0.39 is 0 Å². The van der Waals surface area contributed by atoms with Crippen molar-refractivity contribution in [3.05, 3.63) is 95.8 Å². The number of hydrogen-bond donors (Lipinski definition) is 0. The number of ether oxygens (including phenoxy) is 1. The van der Waals surface area contributed by atoms with Gasteiger partial charge in [0.25, 0.3) is 0 Å². The van der Waals surface area contributed by atoms with Gasteiger partial charge in [-0.05, 0) is 42.3 Å². The molecular weight excluding hydrogens is 308 g/mol. The van der Waals surface area contributed by atoms with Crippen LogP contribution in [0.2, 0.25) is 0 Å². The Morgan fingerprint density at radius 3 is 2.48 bits per heavy atom. The first-order valence-electron chi connectivity index (χ1n) is 8.45. The maximum atomic E-state index is 5.86. The Hall–Kier alpha value is -3.07. The molecule has 0 spiro atoms. The molecule has 0 radical (unpaired) electrons. The summed E-state index contributed by atoms with van der Waals surface area (Å²) in [6.45, 7) is 3.45. The summed E-state index contributed by atoms with van der Waals surface area (Å²) in [6, 6.07) is 24.9. The summed E-state index contributed by atoms with van der Waals surface area (Å²) in [4.78, 5) is 4.55. The number of imidazole rings is 1. The van der Waals surface area contributed by atoms with Crippen LogP contribution in [-0.4, -0.2) is 9.55 Å². The fourth-order valence-corrected chi connectivity index (χ4v) is 2.91. The fourth-order valence-electron chi connectivity index (χ4n) is 2.91. The second kappa shape index (κ2) is 6.81. The maximum Gasteiger partial charge on any atom is 0.119 e. The number of fused-ring (bicyclic) bond motifs is 1. The summed E-state index contributed by atoms with van der Waals surface area (Å²) in [5.41, 5.74) is 5.77. The van der Waals surface area contributed by atoms with Crippen molar-refractivity contribution in [2.45, 2.75) is 20.1 Å². The molecule has 1 heterocycles. The van der Waals surface area contributed by atoms with Gasteiger partial charge in [-0.2, -0.15) is 0 Å². The van der Waals surface area contributed by atoms with E-state index in [1.54, 1.807) is 0 Å². The largest absolute Gasteiger partial charge is 0.489 e. The summed E-state index contributed by atoms with van der Waals surface area (Å²) < 4.78 is 8.04. The van der Waals surface area contributed by atoms with Crippen molar-refractivity contribution in [2.24, 2.45) is 0 Å². The number of rotatable bonds is 5. The van der Waals surface area contributed by atoms with Gasteiger partial charge >= 0.3 is 0 Å². The normalized spacial score (nSPS) is 10.9. The number of benzene rings is 3. The molecule has 0 aliphatic rings. The van der Waals surface area contributed by atoms with Gasteiger partial charge < -0.3 is 9.30 Å². The van der Waals surface area contributed by atoms with Crippen molar-refractivity contribution >= 4 is 11.0 Å². The highest BCUT2D eigenvalue weighted by molar-refractivity contribution is 5.76. The molecule has 0 bridgehead atoms. The predicted molar refractivity (Wildman–Crippen MR) is 101 cm³/mol. The Kier molecular flexibility index (Phi) is 4.21. The lowest BCUT2D eigenvalue weighted by atomic mass is 10.2. The third kappa shape index (κ3) is 3.56. The molecule has 3 heteroatoms. The third-order valence-electron chi connectivity index (χ3n) is 4.31. The van der Waals surface area contributed by atoms with E-state index in [2.05, 4.69) is 71.1 Å². The standard InChI is InChI=1S/C22H20N2O/c1-17-7-10-20(11-8-17)25-15-19-9-12-22-21(13-19)23-16-24(22)14-18-5-3-2-4-6-18/h2-13,16H,14-15H2,1H3. The van der Waals surface area contributed by atoms with E-state index in [0.717, 1.165) is 28.9 Å². The lowest BCUT2D eigenvalue weighted by Crippen LogP contribution is -1.98. The molecule has 0 saturated heterocycles. The minimum atomic E-state index is 0.546. The quantitative estimate of drug-likeness (QED) is 0.517. The fraction of sp³-hybridized carbons (Fsp3) is 0.136. The summed E-state index contributed by atoms with van der Waals surface area (Å²) in [5.74, 6) is 0.889. The lowest BCUT2D eigenvalue weighted by molar-refractivity contribution is 0.306. The predicted octanol–water partition coefficient (Wildman–Crippen LogP) is 4.97. The molecule has 0 N–H and O–H groups in total. The summed E-state index contributed by atoms with van der Waals surface area (Å²) in [5, 5.41) is 0. The van der Waals surface area contributed by atoms with E-state index in [9.17, 15) is 0 Å². The zero-order valence-corrected chi connectivity index (χ0v) is 14.2. The molecule has 0 unspecified atom stereocenters. The number of nitrogens with zero attached hydrogens (tertiary/aromatic N) is 2. The molecular formula is C22H20N2O. The minimum absolute atomic E-state index is 0.546. The van der Waals surface area contributed by atoms with Gasteiger partial charge in [-0.25, -0.2) is 4.98 Å². The van der Waals surface area contributed by atoms with Crippen LogP contribution in [0.5, 0.6) is 5.75 Å². The van der Waals surface area contributed by atoms with Crippen LogP contribution in [0.3, 0.4) is 0 Å². The number of hydrogen-bond acceptors (Lipinski definition) is 2. The number of aromatic nitrogens is 2. The Balaban J connectivity index is 1.50. The van der Waals surface area contributed by atoms with Crippen molar-refractivity contribution in [2.75, 3.05) is 0 Å². The van der Waals surface area contributed by atoms with Gasteiger partial charge in [0.2, 0.25) is 0 Å². The average Bonchev–Trinajstić information content (AvgIpc) is 3.04. The van der Waals surface area contributed by atoms with Crippen molar-refractivity contribution in [1.29, 1.82) is 0 Å². The van der Waals surface area contributed by atoms with Crippen LogP contribution in [0.4, 0.5) is 0 Å². The summed E-state index contributed by atoms with van der Waals surface area (Å²) in [6.07, 6.45) is 1.91. The molecule has 0 saturated carbocycles. The SMILES string of the molecule is Cc1ccc(OCc2ccc3c(c2)ncn3Cc2ccccc2)cc1. The highest BCUT2D eigenvalue weighted by atomic mass is 16.5. The molecule has 0 aliphatic carbocycles. The van der Waals surface area contributed by atoms with E-state index in [1.165, 1.54) is 11.1 Å². The van der Waals surface area contributed by atoms with E-state index >= 15 is 0 Å². The Morgan fingerprint density at radius 1 is 0.880 bits per heavy atom. The molecule has 25 heavy (non-hydrogen) atoms. The molecule has 4 aromatic rings. The van der Waals surface area contributed by atoms with E-state index in [-0.39, 0.29) is 0 Å². The molecule has 1 aromatic heterocycles. The van der Waals surface area contributed by atoms with E-state index in [4.69, 9.17) is 4.74 Å². The Morgan fingerprint density at radius 2 is 1.68 bits per heavy atom. The van der Waals surface area contributed by atoms with Crippen molar-refractivity contribution in [3.8, 4) is 5.75 Å². The summed E-state index contributed by atoms with van der Waals surface area (Å²) >= 11 is 0. The molecule has 3 nitrogen and oxygen atoms in total. The van der Waals surface area contributed by atoms with Crippen LogP contribution in [0.25, 0.3) is 11.0 Å². The lowest BCUT2D eigenvalue weighted by Gasteiger charge is -2.08. The van der Waals surface area contributed by atoms with Gasteiger partial charge in [-0.3, -0.25) is 0 Å². The van der Waals surface area contributed by atoms with E-state index in [0.29, 0.717) is 6.61 Å². The molecule has 4 rings (SSSR count). The Bertz CT molecular complexity index is 972. The minimum Gasteiger partial charge on any atom is -0.489 e. The molecule has 124 valence electrons. The van der Waals surface area contributed by atoms with Crippen LogP contribution < -0.4 is 4.74 Å². The van der Waals surface area contributed by atoms with Gasteiger partial charge in [0.1, 0.15) is 12.4 Å². The van der Waals surface area contributed by atoms with Gasteiger partial charge in [0, 0.05) is 6.54 Å². The molecule has 0 amide bonds. The smallest absolute Gasteiger partial charge is 0.119 e. The zero-order chi connectivity index (χ0) is 17.1. The first-order valence-corrected chi connectivity index (χ1v) is 8.45. The van der Waals surface area contributed by atoms with Gasteiger partial charge in [0.15, 0.2) is 0 Å². The topological polar surface area (TPSA) is 27.1 Å². The van der Waals surface area contributed by atoms with Gasteiger partial charge in [-0.1, -0.05) is 54.1 Å². The second-order valence-electron chi connectivity index (χ2n) is 6.28. The Labute approximate surface area is 147 Å². The maximum absolute atomic E-state index is 5.86. The average molecular weight is 328 g/mol. The van der Waals surface area contributed by atoms with Gasteiger partial charge in [-0.15, -0.1) is 0 Å². The molecule has 0 fully saturated rings. The monoisotopic (exact) mass is 328 g/mol. The van der Waals surface area contributed by atoms with Crippen LogP contribution in [0.15, 0.2) is 79.1 Å². The van der Waals surface area contributed by atoms with Crippen LogP contribution in [0, 0.1) is 6.92 Å². The summed E-state index contributed by atoms with van der Waals surface area (Å²) in [7, 11) is 0. The first kappa shape index (κ1) is 15.5. The number of aryl methyl sites for hydroxylation is 1.